The SMILES string of the molecule is C=CCn1c(SCC(=O)Nc2cccc(Cl)c2)nnc1-c1ccc(Cl)cc1. The molecule has 0 aliphatic heterocycles. The standard InChI is InChI=1S/C19H16Cl2N4OS/c1-2-10-25-18(13-6-8-14(20)9-7-13)23-24-19(25)27-12-17(26)22-16-5-3-4-15(21)11-16/h2-9,11H,1,10,12H2,(H,22,26). The fourth-order valence-corrected chi connectivity index (χ4v) is 3.46. The normalized spacial score (nSPS) is 10.6. The zero-order valence-corrected chi connectivity index (χ0v) is 16.6. The van der Waals surface area contributed by atoms with Gasteiger partial charge in [0.1, 0.15) is 0 Å². The van der Waals surface area contributed by atoms with Gasteiger partial charge in [-0.1, -0.05) is 47.1 Å². The molecule has 0 atom stereocenters. The van der Waals surface area contributed by atoms with Crippen LogP contribution in [0, 0.1) is 0 Å². The Balaban J connectivity index is 1.72. The highest BCUT2D eigenvalue weighted by Gasteiger charge is 2.15. The number of anilines is 1. The molecule has 1 heterocycles. The number of thioether (sulfide) groups is 1. The van der Waals surface area contributed by atoms with E-state index in [1.165, 1.54) is 11.8 Å². The molecule has 138 valence electrons. The topological polar surface area (TPSA) is 59.8 Å². The molecule has 3 rings (SSSR count). The first-order valence-electron chi connectivity index (χ1n) is 8.05. The monoisotopic (exact) mass is 418 g/mol. The molecule has 0 aliphatic rings. The van der Waals surface area contributed by atoms with Crippen LogP contribution in [0.2, 0.25) is 10.0 Å². The fourth-order valence-electron chi connectivity index (χ4n) is 2.40. The molecule has 0 bridgehead atoms. The van der Waals surface area contributed by atoms with E-state index in [-0.39, 0.29) is 11.7 Å². The molecule has 0 unspecified atom stereocenters. The molecule has 0 saturated carbocycles. The van der Waals surface area contributed by atoms with E-state index in [0.717, 1.165) is 5.56 Å². The summed E-state index contributed by atoms with van der Waals surface area (Å²) in [4.78, 5) is 12.2. The highest BCUT2D eigenvalue weighted by atomic mass is 35.5. The summed E-state index contributed by atoms with van der Waals surface area (Å²) in [6.45, 7) is 4.32. The molecule has 1 N–H and O–H groups in total. The number of carbonyl (C=O) groups is 1. The maximum atomic E-state index is 12.2. The van der Waals surface area contributed by atoms with Crippen LogP contribution in [-0.4, -0.2) is 26.4 Å². The van der Waals surface area contributed by atoms with Gasteiger partial charge in [-0.05, 0) is 42.5 Å². The number of benzene rings is 2. The second-order valence-corrected chi connectivity index (χ2v) is 7.37. The van der Waals surface area contributed by atoms with Crippen molar-refractivity contribution in [2.24, 2.45) is 0 Å². The number of aromatic nitrogens is 3. The van der Waals surface area contributed by atoms with Crippen molar-refractivity contribution in [2.75, 3.05) is 11.1 Å². The van der Waals surface area contributed by atoms with Gasteiger partial charge < -0.3 is 5.32 Å². The number of halogens is 2. The first kappa shape index (κ1) is 19.5. The number of amides is 1. The van der Waals surface area contributed by atoms with Gasteiger partial charge in [0.15, 0.2) is 11.0 Å². The molecule has 1 aromatic heterocycles. The van der Waals surface area contributed by atoms with Crippen molar-refractivity contribution in [3.8, 4) is 11.4 Å². The van der Waals surface area contributed by atoms with Crippen LogP contribution in [0.25, 0.3) is 11.4 Å². The molecule has 1 amide bonds. The first-order chi connectivity index (χ1) is 13.1. The van der Waals surface area contributed by atoms with Crippen molar-refractivity contribution < 1.29 is 4.79 Å². The smallest absolute Gasteiger partial charge is 0.234 e. The third kappa shape index (κ3) is 5.13. The van der Waals surface area contributed by atoms with Crippen LogP contribution in [0.4, 0.5) is 5.69 Å². The van der Waals surface area contributed by atoms with Crippen LogP contribution in [0.5, 0.6) is 0 Å². The van der Waals surface area contributed by atoms with E-state index in [1.807, 2.05) is 16.7 Å². The highest BCUT2D eigenvalue weighted by Crippen LogP contribution is 2.25. The molecule has 27 heavy (non-hydrogen) atoms. The van der Waals surface area contributed by atoms with Crippen LogP contribution in [0.1, 0.15) is 0 Å². The summed E-state index contributed by atoms with van der Waals surface area (Å²) >= 11 is 13.2. The van der Waals surface area contributed by atoms with Crippen molar-refractivity contribution in [3.05, 3.63) is 71.2 Å². The van der Waals surface area contributed by atoms with E-state index >= 15 is 0 Å². The van der Waals surface area contributed by atoms with Gasteiger partial charge in [-0.3, -0.25) is 9.36 Å². The lowest BCUT2D eigenvalue weighted by Crippen LogP contribution is -2.14. The van der Waals surface area contributed by atoms with Crippen LogP contribution in [0.15, 0.2) is 66.3 Å². The van der Waals surface area contributed by atoms with Crippen molar-refractivity contribution in [1.29, 1.82) is 0 Å². The second kappa shape index (κ2) is 9.08. The zero-order valence-electron chi connectivity index (χ0n) is 14.2. The van der Waals surface area contributed by atoms with Gasteiger partial charge in [-0.2, -0.15) is 0 Å². The van der Waals surface area contributed by atoms with Gasteiger partial charge in [0.2, 0.25) is 5.91 Å². The summed E-state index contributed by atoms with van der Waals surface area (Å²) in [7, 11) is 0. The molecule has 0 radical (unpaired) electrons. The van der Waals surface area contributed by atoms with Gasteiger partial charge in [0.25, 0.3) is 0 Å². The molecular weight excluding hydrogens is 403 g/mol. The third-order valence-electron chi connectivity index (χ3n) is 3.57. The van der Waals surface area contributed by atoms with E-state index < -0.39 is 0 Å². The minimum Gasteiger partial charge on any atom is -0.325 e. The average Bonchev–Trinajstić information content (AvgIpc) is 3.04. The van der Waals surface area contributed by atoms with Crippen molar-refractivity contribution in [3.63, 3.8) is 0 Å². The Morgan fingerprint density at radius 1 is 1.15 bits per heavy atom. The van der Waals surface area contributed by atoms with Gasteiger partial charge in [0.05, 0.1) is 5.75 Å². The van der Waals surface area contributed by atoms with E-state index in [0.29, 0.717) is 33.3 Å². The average molecular weight is 419 g/mol. The lowest BCUT2D eigenvalue weighted by Gasteiger charge is -2.08. The van der Waals surface area contributed by atoms with E-state index in [2.05, 4.69) is 22.1 Å². The van der Waals surface area contributed by atoms with Gasteiger partial charge in [-0.25, -0.2) is 0 Å². The summed E-state index contributed by atoms with van der Waals surface area (Å²) < 4.78 is 1.91. The Bertz CT molecular complexity index is 957. The molecular formula is C19H16Cl2N4OS. The lowest BCUT2D eigenvalue weighted by molar-refractivity contribution is -0.113. The molecule has 0 spiro atoms. The predicted molar refractivity (Wildman–Crippen MR) is 111 cm³/mol. The van der Waals surface area contributed by atoms with Gasteiger partial charge >= 0.3 is 0 Å². The molecule has 0 fully saturated rings. The Morgan fingerprint density at radius 2 is 1.93 bits per heavy atom. The summed E-state index contributed by atoms with van der Waals surface area (Å²) in [5.41, 5.74) is 1.55. The number of hydrogen-bond donors (Lipinski definition) is 1. The number of rotatable bonds is 7. The van der Waals surface area contributed by atoms with E-state index in [4.69, 9.17) is 23.2 Å². The first-order valence-corrected chi connectivity index (χ1v) is 9.79. The molecule has 0 saturated heterocycles. The summed E-state index contributed by atoms with van der Waals surface area (Å²) in [5.74, 6) is 0.746. The largest absolute Gasteiger partial charge is 0.325 e. The maximum absolute atomic E-state index is 12.2. The Kier molecular flexibility index (Phi) is 6.55. The van der Waals surface area contributed by atoms with E-state index in [9.17, 15) is 4.79 Å². The number of hydrogen-bond acceptors (Lipinski definition) is 4. The second-order valence-electron chi connectivity index (χ2n) is 5.56. The summed E-state index contributed by atoms with van der Waals surface area (Å²) in [5, 5.41) is 13.2. The number of nitrogens with one attached hydrogen (secondary N) is 1. The lowest BCUT2D eigenvalue weighted by atomic mass is 10.2. The predicted octanol–water partition coefficient (Wildman–Crippen LogP) is 5.17. The molecule has 2 aromatic carbocycles. The van der Waals surface area contributed by atoms with Crippen LogP contribution >= 0.6 is 35.0 Å². The Morgan fingerprint density at radius 3 is 2.63 bits per heavy atom. The summed E-state index contributed by atoms with van der Waals surface area (Å²) in [6, 6.07) is 14.4. The van der Waals surface area contributed by atoms with Crippen LogP contribution in [-0.2, 0) is 11.3 Å². The third-order valence-corrected chi connectivity index (χ3v) is 5.03. The van der Waals surface area contributed by atoms with Crippen molar-refractivity contribution in [2.45, 2.75) is 11.7 Å². The van der Waals surface area contributed by atoms with Crippen molar-refractivity contribution in [1.82, 2.24) is 14.8 Å². The molecule has 8 heteroatoms. The Hall–Kier alpha value is -2.28. The van der Waals surface area contributed by atoms with Crippen LogP contribution < -0.4 is 5.32 Å². The minimum atomic E-state index is -0.150. The number of allylic oxidation sites excluding steroid dienone is 1. The fraction of sp³-hybridized carbons (Fsp3) is 0.105. The Labute approximate surface area is 171 Å². The van der Waals surface area contributed by atoms with Crippen LogP contribution in [0.3, 0.4) is 0 Å². The van der Waals surface area contributed by atoms with Gasteiger partial charge in [0, 0.05) is 27.8 Å². The molecule has 0 aliphatic carbocycles. The van der Waals surface area contributed by atoms with Crippen molar-refractivity contribution >= 4 is 46.6 Å². The number of nitrogens with zero attached hydrogens (tertiary/aromatic N) is 3. The van der Waals surface area contributed by atoms with Gasteiger partial charge in [-0.15, -0.1) is 16.8 Å². The highest BCUT2D eigenvalue weighted by molar-refractivity contribution is 7.99. The zero-order chi connectivity index (χ0) is 19.2. The summed E-state index contributed by atoms with van der Waals surface area (Å²) in [6.07, 6.45) is 1.76. The maximum Gasteiger partial charge on any atom is 0.234 e. The minimum absolute atomic E-state index is 0.150. The quantitative estimate of drug-likeness (QED) is 0.424. The molecule has 5 nitrogen and oxygen atoms in total. The van der Waals surface area contributed by atoms with E-state index in [1.54, 1.807) is 42.5 Å². The molecule has 3 aromatic rings. The number of carbonyl (C=O) groups excluding carboxylic acids is 1.